The van der Waals surface area contributed by atoms with Crippen molar-refractivity contribution in [1.29, 1.82) is 0 Å². The maximum Gasteiger partial charge on any atom is 0.244 e. The van der Waals surface area contributed by atoms with Gasteiger partial charge in [0.2, 0.25) is 11.8 Å². The van der Waals surface area contributed by atoms with Gasteiger partial charge in [-0.05, 0) is 44.4 Å². The minimum absolute atomic E-state index is 0.206. The van der Waals surface area contributed by atoms with E-state index in [0.29, 0.717) is 59.0 Å². The van der Waals surface area contributed by atoms with Gasteiger partial charge in [0, 0.05) is 42.8 Å². The van der Waals surface area contributed by atoms with Crippen LogP contribution >= 0.6 is 11.6 Å². The van der Waals surface area contributed by atoms with E-state index in [2.05, 4.69) is 30.6 Å². The fourth-order valence-corrected chi connectivity index (χ4v) is 3.58. The van der Waals surface area contributed by atoms with Crippen LogP contribution in [0.2, 0.25) is 5.02 Å². The lowest BCUT2D eigenvalue weighted by Crippen LogP contribution is -2.21. The van der Waals surface area contributed by atoms with Gasteiger partial charge in [-0.2, -0.15) is 0 Å². The van der Waals surface area contributed by atoms with Crippen molar-refractivity contribution in [2.75, 3.05) is 32.6 Å². The van der Waals surface area contributed by atoms with Crippen molar-refractivity contribution in [3.8, 4) is 17.2 Å². The number of hydrogen-bond acceptors (Lipinski definition) is 9. The van der Waals surface area contributed by atoms with Gasteiger partial charge >= 0.3 is 0 Å². The van der Waals surface area contributed by atoms with Crippen molar-refractivity contribution in [3.05, 3.63) is 89.9 Å². The topological polar surface area (TPSA) is 118 Å². The minimum atomic E-state index is -0.206. The van der Waals surface area contributed by atoms with Crippen molar-refractivity contribution in [2.24, 2.45) is 0 Å². The molecule has 0 fully saturated rings. The van der Waals surface area contributed by atoms with Crippen LogP contribution in [0.25, 0.3) is 11.5 Å². The van der Waals surface area contributed by atoms with Crippen molar-refractivity contribution in [3.63, 3.8) is 0 Å². The van der Waals surface area contributed by atoms with Gasteiger partial charge in [-0.25, -0.2) is 15.0 Å². The Labute approximate surface area is 225 Å². The predicted octanol–water partition coefficient (Wildman–Crippen LogP) is 4.28. The first-order valence-corrected chi connectivity index (χ1v) is 12.3. The number of rotatable bonds is 12. The summed E-state index contributed by atoms with van der Waals surface area (Å²) in [6.45, 7) is 1.36. The summed E-state index contributed by atoms with van der Waals surface area (Å²) in [5.74, 6) is 1.18. The largest absolute Gasteiger partial charge is 0.492 e. The average molecular weight is 534 g/mol. The molecule has 0 saturated heterocycles. The number of carbonyl (C=O) groups is 1. The van der Waals surface area contributed by atoms with E-state index < -0.39 is 0 Å². The summed E-state index contributed by atoms with van der Waals surface area (Å²) in [5, 5.41) is 6.47. The number of ether oxygens (including phenoxy) is 1. The first-order chi connectivity index (χ1) is 18.5. The first kappa shape index (κ1) is 26.8. The highest BCUT2D eigenvalue weighted by molar-refractivity contribution is 6.32. The summed E-state index contributed by atoms with van der Waals surface area (Å²) in [6, 6.07) is 11.2. The fourth-order valence-electron chi connectivity index (χ4n) is 3.35. The standard InChI is InChI=1S/C27H28ClN7O3/c1-35(2)12-5-7-25(36)31-15-21-17-38-27(34-21)22-16-29-18-32-26(22)33-20-8-9-24(23(28)14-20)37-13-10-19-6-3-4-11-30-19/h3-9,11,14,16-18H,10,12-13,15H2,1-2H3,(H,31,36)(H,29,32,33)/b7-5+. The number of anilines is 2. The van der Waals surface area contributed by atoms with E-state index in [4.69, 9.17) is 20.8 Å². The Kier molecular flexibility index (Phi) is 9.38. The second-order valence-corrected chi connectivity index (χ2v) is 8.91. The molecule has 3 heterocycles. The van der Waals surface area contributed by atoms with Crippen molar-refractivity contribution >= 4 is 29.0 Å². The minimum Gasteiger partial charge on any atom is -0.492 e. The van der Waals surface area contributed by atoms with Crippen LogP contribution in [0.4, 0.5) is 11.5 Å². The molecular formula is C27H28ClN7O3. The third-order valence-corrected chi connectivity index (χ3v) is 5.51. The summed E-state index contributed by atoms with van der Waals surface area (Å²) in [5.41, 5.74) is 2.78. The van der Waals surface area contributed by atoms with Gasteiger partial charge in [-0.15, -0.1) is 0 Å². The first-order valence-electron chi connectivity index (χ1n) is 11.9. The normalized spacial score (nSPS) is 11.2. The maximum absolute atomic E-state index is 12.0. The van der Waals surface area contributed by atoms with E-state index in [0.717, 1.165) is 5.69 Å². The monoisotopic (exact) mass is 533 g/mol. The van der Waals surface area contributed by atoms with E-state index in [1.807, 2.05) is 43.3 Å². The van der Waals surface area contributed by atoms with E-state index in [-0.39, 0.29) is 12.5 Å². The number of hydrogen-bond donors (Lipinski definition) is 2. The van der Waals surface area contributed by atoms with Crippen LogP contribution in [-0.2, 0) is 17.8 Å². The molecule has 4 aromatic rings. The van der Waals surface area contributed by atoms with Crippen LogP contribution in [-0.4, -0.2) is 58.0 Å². The van der Waals surface area contributed by atoms with Crippen LogP contribution in [0, 0.1) is 0 Å². The number of pyridine rings is 1. The molecule has 10 nitrogen and oxygen atoms in total. The van der Waals surface area contributed by atoms with Crippen molar-refractivity contribution in [1.82, 2.24) is 30.2 Å². The molecular weight excluding hydrogens is 506 g/mol. The lowest BCUT2D eigenvalue weighted by Gasteiger charge is -2.12. The average Bonchev–Trinajstić information content (AvgIpc) is 3.38. The summed E-state index contributed by atoms with van der Waals surface area (Å²) in [7, 11) is 3.86. The molecule has 0 unspecified atom stereocenters. The number of nitrogens with one attached hydrogen (secondary N) is 2. The molecule has 1 aromatic carbocycles. The van der Waals surface area contributed by atoms with E-state index in [9.17, 15) is 4.79 Å². The molecule has 196 valence electrons. The Morgan fingerprint density at radius 2 is 2.08 bits per heavy atom. The summed E-state index contributed by atoms with van der Waals surface area (Å²) in [4.78, 5) is 31.1. The highest BCUT2D eigenvalue weighted by Crippen LogP contribution is 2.31. The molecule has 3 aromatic heterocycles. The maximum atomic E-state index is 12.0. The molecule has 0 aliphatic rings. The lowest BCUT2D eigenvalue weighted by atomic mass is 10.2. The lowest BCUT2D eigenvalue weighted by molar-refractivity contribution is -0.116. The quantitative estimate of drug-likeness (QED) is 0.257. The zero-order valence-electron chi connectivity index (χ0n) is 21.1. The zero-order chi connectivity index (χ0) is 26.7. The van der Waals surface area contributed by atoms with Crippen LogP contribution < -0.4 is 15.4 Å². The van der Waals surface area contributed by atoms with E-state index in [1.54, 1.807) is 30.6 Å². The molecule has 0 aliphatic heterocycles. The number of benzene rings is 1. The molecule has 0 spiro atoms. The molecule has 0 saturated carbocycles. The third kappa shape index (κ3) is 7.86. The van der Waals surface area contributed by atoms with Crippen LogP contribution in [0.1, 0.15) is 11.4 Å². The van der Waals surface area contributed by atoms with Gasteiger partial charge in [0.05, 0.1) is 29.4 Å². The Balaban J connectivity index is 1.37. The smallest absolute Gasteiger partial charge is 0.244 e. The van der Waals surface area contributed by atoms with Gasteiger partial charge in [0.15, 0.2) is 0 Å². The molecule has 1 amide bonds. The van der Waals surface area contributed by atoms with Gasteiger partial charge in [-0.3, -0.25) is 9.78 Å². The molecule has 11 heteroatoms. The predicted molar refractivity (Wildman–Crippen MR) is 145 cm³/mol. The molecule has 0 bridgehead atoms. The van der Waals surface area contributed by atoms with Gasteiger partial charge in [0.25, 0.3) is 0 Å². The summed E-state index contributed by atoms with van der Waals surface area (Å²) < 4.78 is 11.5. The van der Waals surface area contributed by atoms with Gasteiger partial charge < -0.3 is 24.7 Å². The number of likely N-dealkylation sites (N-methyl/N-ethyl adjacent to an activating group) is 1. The zero-order valence-corrected chi connectivity index (χ0v) is 21.9. The highest BCUT2D eigenvalue weighted by atomic mass is 35.5. The van der Waals surface area contributed by atoms with Gasteiger partial charge in [0.1, 0.15) is 24.2 Å². The summed E-state index contributed by atoms with van der Waals surface area (Å²) >= 11 is 6.46. The van der Waals surface area contributed by atoms with Crippen molar-refractivity contribution < 1.29 is 13.9 Å². The number of aromatic nitrogens is 4. The number of amides is 1. The molecule has 0 aliphatic carbocycles. The van der Waals surface area contributed by atoms with Crippen LogP contribution in [0.15, 0.2) is 78.0 Å². The molecule has 4 rings (SSSR count). The Morgan fingerprint density at radius 1 is 1.18 bits per heavy atom. The number of nitrogens with zero attached hydrogens (tertiary/aromatic N) is 5. The van der Waals surface area contributed by atoms with Crippen LogP contribution in [0.5, 0.6) is 5.75 Å². The van der Waals surface area contributed by atoms with Gasteiger partial charge in [-0.1, -0.05) is 23.7 Å². The van der Waals surface area contributed by atoms with Crippen LogP contribution in [0.3, 0.4) is 0 Å². The van der Waals surface area contributed by atoms with E-state index in [1.165, 1.54) is 18.7 Å². The Hall–Kier alpha value is -4.28. The molecule has 0 radical (unpaired) electrons. The number of oxazole rings is 1. The second-order valence-electron chi connectivity index (χ2n) is 8.50. The molecule has 2 N–H and O–H groups in total. The summed E-state index contributed by atoms with van der Waals surface area (Å²) in [6.07, 6.45) is 10.2. The Morgan fingerprint density at radius 3 is 2.87 bits per heavy atom. The highest BCUT2D eigenvalue weighted by Gasteiger charge is 2.14. The molecule has 0 atom stereocenters. The Bertz CT molecular complexity index is 1380. The van der Waals surface area contributed by atoms with E-state index >= 15 is 0 Å². The third-order valence-electron chi connectivity index (χ3n) is 5.21. The second kappa shape index (κ2) is 13.3. The van der Waals surface area contributed by atoms with Crippen molar-refractivity contribution in [2.45, 2.75) is 13.0 Å². The molecule has 38 heavy (non-hydrogen) atoms. The number of carbonyl (C=O) groups excluding carboxylic acids is 1. The SMILES string of the molecule is CN(C)C/C=C/C(=O)NCc1coc(-c2cncnc2Nc2ccc(OCCc3ccccn3)c(Cl)c2)n1. The fraction of sp³-hybridized carbons (Fsp3) is 0.222. The number of halogens is 1.